The number of carbonyl (C=O) groups excluding carboxylic acids is 2. The van der Waals surface area contributed by atoms with Gasteiger partial charge in [-0.1, -0.05) is 94.0 Å². The van der Waals surface area contributed by atoms with Crippen LogP contribution >= 0.6 is 0 Å². The lowest BCUT2D eigenvalue weighted by Crippen LogP contribution is -2.55. The molecule has 2 aromatic carbocycles. The monoisotopic (exact) mass is 501 g/mol. The first-order valence-electron chi connectivity index (χ1n) is 14.8. The second-order valence-corrected chi connectivity index (χ2v) is 11.5. The summed E-state index contributed by atoms with van der Waals surface area (Å²) in [5, 5.41) is 0. The van der Waals surface area contributed by atoms with Crippen molar-refractivity contribution >= 4 is 11.9 Å². The maximum atomic E-state index is 13.4. The summed E-state index contributed by atoms with van der Waals surface area (Å²) >= 11 is 0. The molecule has 0 aromatic heterocycles. The van der Waals surface area contributed by atoms with Crippen LogP contribution in [0.4, 0.5) is 4.79 Å². The van der Waals surface area contributed by atoms with E-state index in [0.29, 0.717) is 18.8 Å². The van der Waals surface area contributed by atoms with Crippen molar-refractivity contribution < 1.29 is 14.3 Å². The van der Waals surface area contributed by atoms with Crippen LogP contribution in [0.2, 0.25) is 0 Å². The topological polar surface area (TPSA) is 46.6 Å². The summed E-state index contributed by atoms with van der Waals surface area (Å²) < 4.78 is 6.03. The SMILES string of the molecule is CCCCCCCCCC(=O)C1CC2CCCC(C1)N2C(=O)OCC1c2ccccc2-c2ccccc21. The molecule has 198 valence electrons. The summed E-state index contributed by atoms with van der Waals surface area (Å²) in [6.07, 6.45) is 13.9. The average Bonchev–Trinajstić information content (AvgIpc) is 3.24. The van der Waals surface area contributed by atoms with Crippen LogP contribution in [-0.2, 0) is 9.53 Å². The van der Waals surface area contributed by atoms with Gasteiger partial charge in [-0.05, 0) is 60.8 Å². The molecule has 2 bridgehead atoms. The number of ether oxygens (including phenoxy) is 1. The third-order valence-electron chi connectivity index (χ3n) is 9.00. The van der Waals surface area contributed by atoms with Gasteiger partial charge in [0.05, 0.1) is 0 Å². The van der Waals surface area contributed by atoms with Crippen LogP contribution in [0.15, 0.2) is 48.5 Å². The van der Waals surface area contributed by atoms with E-state index < -0.39 is 0 Å². The van der Waals surface area contributed by atoms with Crippen LogP contribution in [0.1, 0.15) is 107 Å². The molecule has 1 aliphatic carbocycles. The molecular formula is C33H43NO3. The van der Waals surface area contributed by atoms with Gasteiger partial charge in [0, 0.05) is 30.3 Å². The number of nitrogens with zero attached hydrogens (tertiary/aromatic N) is 1. The van der Waals surface area contributed by atoms with Crippen molar-refractivity contribution in [2.24, 2.45) is 5.92 Å². The molecule has 0 N–H and O–H groups in total. The van der Waals surface area contributed by atoms with Gasteiger partial charge in [-0.3, -0.25) is 4.79 Å². The number of benzene rings is 2. The van der Waals surface area contributed by atoms with E-state index in [1.165, 1.54) is 60.8 Å². The van der Waals surface area contributed by atoms with E-state index in [9.17, 15) is 9.59 Å². The van der Waals surface area contributed by atoms with Gasteiger partial charge in [0.2, 0.25) is 0 Å². The van der Waals surface area contributed by atoms with Crippen molar-refractivity contribution in [2.75, 3.05) is 6.61 Å². The van der Waals surface area contributed by atoms with Crippen molar-refractivity contribution in [3.8, 4) is 11.1 Å². The van der Waals surface area contributed by atoms with E-state index in [2.05, 4.69) is 55.5 Å². The van der Waals surface area contributed by atoms with E-state index in [0.717, 1.165) is 38.5 Å². The average molecular weight is 502 g/mol. The standard InChI is InChI=1S/C33H43NO3/c1-2-3-4-5-6-7-8-20-32(35)24-21-25-14-13-15-26(22-24)34(25)33(36)37-23-31-29-18-11-9-16-27(29)28-17-10-12-19-30(28)31/h9-12,16-19,24-26,31H,2-8,13-15,20-23H2,1H3. The second kappa shape index (κ2) is 12.3. The number of piperidine rings is 2. The lowest BCUT2D eigenvalue weighted by Gasteiger charge is -2.47. The van der Waals surface area contributed by atoms with Gasteiger partial charge >= 0.3 is 6.09 Å². The molecule has 2 saturated heterocycles. The van der Waals surface area contributed by atoms with Crippen molar-refractivity contribution in [1.82, 2.24) is 4.90 Å². The predicted molar refractivity (Wildman–Crippen MR) is 149 cm³/mol. The van der Waals surface area contributed by atoms with Gasteiger partial charge in [-0.15, -0.1) is 0 Å². The summed E-state index contributed by atoms with van der Waals surface area (Å²) in [4.78, 5) is 28.5. The zero-order chi connectivity index (χ0) is 25.6. The fourth-order valence-electron chi connectivity index (χ4n) is 7.07. The Labute approximate surface area is 222 Å². The minimum absolute atomic E-state index is 0.0808. The smallest absolute Gasteiger partial charge is 0.410 e. The Morgan fingerprint density at radius 1 is 0.811 bits per heavy atom. The Morgan fingerprint density at radius 2 is 1.38 bits per heavy atom. The highest BCUT2D eigenvalue weighted by molar-refractivity contribution is 5.82. The van der Waals surface area contributed by atoms with Gasteiger partial charge in [-0.25, -0.2) is 4.79 Å². The molecule has 37 heavy (non-hydrogen) atoms. The highest BCUT2D eigenvalue weighted by atomic mass is 16.6. The number of fused-ring (bicyclic) bond motifs is 5. The molecular weight excluding hydrogens is 458 g/mol. The Morgan fingerprint density at radius 3 is 2.00 bits per heavy atom. The largest absolute Gasteiger partial charge is 0.448 e. The number of hydrogen-bond donors (Lipinski definition) is 0. The van der Waals surface area contributed by atoms with Crippen molar-refractivity contribution in [3.05, 3.63) is 59.7 Å². The van der Waals surface area contributed by atoms with Crippen molar-refractivity contribution in [2.45, 2.75) is 108 Å². The highest BCUT2D eigenvalue weighted by Crippen LogP contribution is 2.45. The summed E-state index contributed by atoms with van der Waals surface area (Å²) in [6.45, 7) is 2.61. The Kier molecular flexibility index (Phi) is 8.63. The molecule has 1 amide bonds. The molecule has 2 aromatic rings. The van der Waals surface area contributed by atoms with Crippen molar-refractivity contribution in [3.63, 3.8) is 0 Å². The zero-order valence-electron chi connectivity index (χ0n) is 22.5. The maximum absolute atomic E-state index is 13.4. The lowest BCUT2D eigenvalue weighted by molar-refractivity contribution is -0.126. The van der Waals surface area contributed by atoms with Crippen LogP contribution in [0.5, 0.6) is 0 Å². The maximum Gasteiger partial charge on any atom is 0.410 e. The minimum Gasteiger partial charge on any atom is -0.448 e. The molecule has 2 fully saturated rings. The van der Waals surface area contributed by atoms with Crippen LogP contribution in [0.25, 0.3) is 11.1 Å². The molecule has 2 aliphatic heterocycles. The van der Waals surface area contributed by atoms with Gasteiger partial charge in [0.1, 0.15) is 12.4 Å². The summed E-state index contributed by atoms with van der Waals surface area (Å²) in [5.74, 6) is 0.628. The van der Waals surface area contributed by atoms with E-state index in [1.54, 1.807) is 0 Å². The number of rotatable bonds is 11. The molecule has 4 nitrogen and oxygen atoms in total. The number of hydrogen-bond acceptors (Lipinski definition) is 3. The first kappa shape index (κ1) is 26.0. The van der Waals surface area contributed by atoms with Gasteiger partial charge in [0.25, 0.3) is 0 Å². The summed E-state index contributed by atoms with van der Waals surface area (Å²) in [6, 6.07) is 17.2. The molecule has 2 unspecified atom stereocenters. The van der Waals surface area contributed by atoms with Crippen LogP contribution in [0, 0.1) is 5.92 Å². The normalized spacial score (nSPS) is 22.4. The first-order valence-corrected chi connectivity index (χ1v) is 14.8. The molecule has 2 heterocycles. The Hall–Kier alpha value is -2.62. The van der Waals surface area contributed by atoms with Gasteiger partial charge in [0.15, 0.2) is 0 Å². The van der Waals surface area contributed by atoms with Gasteiger partial charge in [-0.2, -0.15) is 0 Å². The number of carbonyl (C=O) groups is 2. The number of ketones is 1. The Bertz CT molecular complexity index is 1020. The van der Waals surface area contributed by atoms with E-state index in [4.69, 9.17) is 4.74 Å². The second-order valence-electron chi connectivity index (χ2n) is 11.5. The fraction of sp³-hybridized carbons (Fsp3) is 0.576. The molecule has 2 atom stereocenters. The highest BCUT2D eigenvalue weighted by Gasteiger charge is 2.43. The van der Waals surface area contributed by atoms with Gasteiger partial charge < -0.3 is 9.64 Å². The molecule has 0 spiro atoms. The quantitative estimate of drug-likeness (QED) is 0.291. The first-order chi connectivity index (χ1) is 18.2. The Balaban J connectivity index is 1.15. The van der Waals surface area contributed by atoms with E-state index in [-0.39, 0.29) is 30.0 Å². The lowest BCUT2D eigenvalue weighted by atomic mass is 9.76. The summed E-state index contributed by atoms with van der Waals surface area (Å²) in [7, 11) is 0. The third kappa shape index (κ3) is 5.78. The molecule has 0 saturated carbocycles. The molecule has 5 rings (SSSR count). The number of unbranched alkanes of at least 4 members (excludes halogenated alkanes) is 6. The molecule has 3 aliphatic rings. The molecule has 4 heteroatoms. The minimum atomic E-state index is -0.186. The van der Waals surface area contributed by atoms with Crippen LogP contribution in [0.3, 0.4) is 0 Å². The van der Waals surface area contributed by atoms with E-state index >= 15 is 0 Å². The summed E-state index contributed by atoms with van der Waals surface area (Å²) in [5.41, 5.74) is 4.98. The van der Waals surface area contributed by atoms with Crippen LogP contribution in [-0.4, -0.2) is 35.5 Å². The number of Topliss-reactive ketones (excluding diaryl/α,β-unsaturated/α-hetero) is 1. The zero-order valence-corrected chi connectivity index (χ0v) is 22.5. The van der Waals surface area contributed by atoms with Crippen molar-refractivity contribution in [1.29, 1.82) is 0 Å². The third-order valence-corrected chi connectivity index (χ3v) is 9.00. The van der Waals surface area contributed by atoms with Crippen LogP contribution < -0.4 is 0 Å². The van der Waals surface area contributed by atoms with E-state index in [1.807, 2.05) is 4.90 Å². The number of amides is 1. The predicted octanol–water partition coefficient (Wildman–Crippen LogP) is 8.28. The molecule has 0 radical (unpaired) electrons. The fourth-order valence-corrected chi connectivity index (χ4v) is 7.07.